The average Bonchev–Trinajstić information content (AvgIpc) is 2.37. The number of esters is 1. The predicted molar refractivity (Wildman–Crippen MR) is 72.8 cm³/mol. The Hall–Kier alpha value is -1.78. The van der Waals surface area contributed by atoms with Crippen molar-refractivity contribution in [3.8, 4) is 0 Å². The molecule has 5 nitrogen and oxygen atoms in total. The molecule has 1 heterocycles. The molecule has 1 aromatic heterocycles. The molecular weight excluding hydrogens is 230 g/mol. The van der Waals surface area contributed by atoms with E-state index in [9.17, 15) is 4.79 Å². The van der Waals surface area contributed by atoms with E-state index in [1.54, 1.807) is 6.07 Å². The first-order valence-electron chi connectivity index (χ1n) is 5.91. The van der Waals surface area contributed by atoms with Crippen molar-refractivity contribution in [1.29, 1.82) is 0 Å². The van der Waals surface area contributed by atoms with Crippen LogP contribution in [0.3, 0.4) is 0 Å². The number of aromatic nitrogens is 1. The van der Waals surface area contributed by atoms with Gasteiger partial charge in [0.1, 0.15) is 5.82 Å². The van der Waals surface area contributed by atoms with Crippen molar-refractivity contribution in [3.05, 3.63) is 17.8 Å². The van der Waals surface area contributed by atoms with Gasteiger partial charge in [0.2, 0.25) is 0 Å². The van der Waals surface area contributed by atoms with Gasteiger partial charge < -0.3 is 15.4 Å². The van der Waals surface area contributed by atoms with Crippen LogP contribution in [0, 0.1) is 0 Å². The number of rotatable bonds is 4. The summed E-state index contributed by atoms with van der Waals surface area (Å²) in [5.74, 6) is 0.260. The summed E-state index contributed by atoms with van der Waals surface area (Å²) in [6.45, 7) is 6.33. The third kappa shape index (κ3) is 2.72. The summed E-state index contributed by atoms with van der Waals surface area (Å²) in [4.78, 5) is 17.9. The van der Waals surface area contributed by atoms with Crippen LogP contribution in [0.15, 0.2) is 12.3 Å². The van der Waals surface area contributed by atoms with Crippen molar-refractivity contribution in [2.24, 2.45) is 0 Å². The Labute approximate surface area is 108 Å². The van der Waals surface area contributed by atoms with Crippen LogP contribution in [0.4, 0.5) is 11.5 Å². The Bertz CT molecular complexity index is 444. The second-order valence-electron chi connectivity index (χ2n) is 4.85. The molecule has 0 unspecified atom stereocenters. The van der Waals surface area contributed by atoms with Crippen molar-refractivity contribution in [1.82, 2.24) is 4.98 Å². The number of hydrogen-bond acceptors (Lipinski definition) is 5. The quantitative estimate of drug-likeness (QED) is 0.830. The maximum atomic E-state index is 11.6. The molecule has 0 spiro atoms. The minimum atomic E-state index is -0.446. The lowest BCUT2D eigenvalue weighted by Crippen LogP contribution is -2.41. The average molecular weight is 251 g/mol. The molecule has 0 aromatic carbocycles. The second-order valence-corrected chi connectivity index (χ2v) is 4.85. The van der Waals surface area contributed by atoms with Crippen molar-refractivity contribution in [3.63, 3.8) is 0 Å². The van der Waals surface area contributed by atoms with E-state index in [2.05, 4.69) is 25.8 Å². The Balaban J connectivity index is 3.16. The largest absolute Gasteiger partial charge is 0.465 e. The molecule has 1 aromatic rings. The highest BCUT2D eigenvalue weighted by Gasteiger charge is 2.23. The van der Waals surface area contributed by atoms with E-state index in [1.165, 1.54) is 13.3 Å². The van der Waals surface area contributed by atoms with Gasteiger partial charge in [-0.05, 0) is 26.3 Å². The number of nitrogens with zero attached hydrogens (tertiary/aromatic N) is 2. The van der Waals surface area contributed by atoms with Crippen LogP contribution in [0.2, 0.25) is 0 Å². The zero-order valence-electron chi connectivity index (χ0n) is 11.7. The summed E-state index contributed by atoms with van der Waals surface area (Å²) in [5, 5.41) is 0. The summed E-state index contributed by atoms with van der Waals surface area (Å²) in [6.07, 6.45) is 2.45. The van der Waals surface area contributed by atoms with E-state index in [-0.39, 0.29) is 5.54 Å². The van der Waals surface area contributed by atoms with Crippen LogP contribution >= 0.6 is 0 Å². The topological polar surface area (TPSA) is 68.5 Å². The zero-order chi connectivity index (χ0) is 13.9. The maximum Gasteiger partial charge on any atom is 0.340 e. The van der Waals surface area contributed by atoms with Crippen LogP contribution in [-0.4, -0.2) is 30.6 Å². The maximum absolute atomic E-state index is 11.6. The molecule has 18 heavy (non-hydrogen) atoms. The number of pyridine rings is 1. The molecule has 5 heteroatoms. The fourth-order valence-corrected chi connectivity index (χ4v) is 1.47. The lowest BCUT2D eigenvalue weighted by Gasteiger charge is -2.36. The summed E-state index contributed by atoms with van der Waals surface area (Å²) in [7, 11) is 3.28. The van der Waals surface area contributed by atoms with Crippen molar-refractivity contribution < 1.29 is 9.53 Å². The molecule has 0 bridgehead atoms. The molecule has 0 saturated heterocycles. The van der Waals surface area contributed by atoms with Crippen LogP contribution in [0.1, 0.15) is 37.6 Å². The normalized spacial score (nSPS) is 11.2. The van der Waals surface area contributed by atoms with Gasteiger partial charge in [-0.1, -0.05) is 6.92 Å². The second kappa shape index (κ2) is 5.25. The Morgan fingerprint density at radius 2 is 2.17 bits per heavy atom. The number of hydrogen-bond donors (Lipinski definition) is 1. The van der Waals surface area contributed by atoms with E-state index in [1.807, 2.05) is 11.9 Å². The molecule has 100 valence electrons. The fourth-order valence-electron chi connectivity index (χ4n) is 1.47. The number of methoxy groups -OCH3 is 1. The first-order valence-corrected chi connectivity index (χ1v) is 5.91. The van der Waals surface area contributed by atoms with Gasteiger partial charge in [0.05, 0.1) is 24.6 Å². The molecule has 0 atom stereocenters. The highest BCUT2D eigenvalue weighted by Crippen LogP contribution is 2.25. The molecule has 0 amide bonds. The van der Waals surface area contributed by atoms with Crippen LogP contribution in [0.25, 0.3) is 0 Å². The number of carbonyl (C=O) groups excluding carboxylic acids is 1. The molecular formula is C13H21N3O2. The first-order chi connectivity index (χ1) is 8.33. The van der Waals surface area contributed by atoms with Crippen LogP contribution < -0.4 is 10.6 Å². The lowest BCUT2D eigenvalue weighted by molar-refractivity contribution is 0.0602. The molecule has 2 N–H and O–H groups in total. The SMILES string of the molecule is CCC(C)(C)N(C)c1cc(C(=O)OC)c(N)cn1. The number of carbonyl (C=O) groups is 1. The Morgan fingerprint density at radius 3 is 2.67 bits per heavy atom. The number of ether oxygens (including phenoxy) is 1. The molecule has 0 aliphatic carbocycles. The standard InChI is InChI=1S/C13H21N3O2/c1-6-13(2,3)16(4)11-7-9(12(17)18-5)10(14)8-15-11/h7-8H,6,14H2,1-5H3. The summed E-state index contributed by atoms with van der Waals surface area (Å²) in [5.41, 5.74) is 6.36. The highest BCUT2D eigenvalue weighted by atomic mass is 16.5. The van der Waals surface area contributed by atoms with Gasteiger partial charge in [-0.15, -0.1) is 0 Å². The fraction of sp³-hybridized carbons (Fsp3) is 0.538. The van der Waals surface area contributed by atoms with Gasteiger partial charge in [0.15, 0.2) is 0 Å². The van der Waals surface area contributed by atoms with E-state index < -0.39 is 5.97 Å². The van der Waals surface area contributed by atoms with Gasteiger partial charge in [-0.3, -0.25) is 0 Å². The smallest absolute Gasteiger partial charge is 0.340 e. The minimum Gasteiger partial charge on any atom is -0.465 e. The summed E-state index contributed by atoms with van der Waals surface area (Å²) in [6, 6.07) is 1.67. The summed E-state index contributed by atoms with van der Waals surface area (Å²) >= 11 is 0. The Morgan fingerprint density at radius 1 is 1.56 bits per heavy atom. The van der Waals surface area contributed by atoms with Gasteiger partial charge in [-0.2, -0.15) is 0 Å². The van der Waals surface area contributed by atoms with Crippen molar-refractivity contribution in [2.45, 2.75) is 32.7 Å². The van der Waals surface area contributed by atoms with E-state index in [0.717, 1.165) is 6.42 Å². The van der Waals surface area contributed by atoms with Gasteiger partial charge in [0, 0.05) is 12.6 Å². The third-order valence-corrected chi connectivity index (χ3v) is 3.44. The van der Waals surface area contributed by atoms with Crippen molar-refractivity contribution >= 4 is 17.5 Å². The van der Waals surface area contributed by atoms with Gasteiger partial charge in [-0.25, -0.2) is 9.78 Å². The van der Waals surface area contributed by atoms with Crippen LogP contribution in [-0.2, 0) is 4.74 Å². The number of nitrogens with two attached hydrogens (primary N) is 1. The van der Waals surface area contributed by atoms with E-state index in [4.69, 9.17) is 10.5 Å². The lowest BCUT2D eigenvalue weighted by atomic mass is 10.00. The first kappa shape index (κ1) is 14.3. The molecule has 1 rings (SSSR count). The van der Waals surface area contributed by atoms with Crippen molar-refractivity contribution in [2.75, 3.05) is 24.8 Å². The Kier molecular flexibility index (Phi) is 4.16. The minimum absolute atomic E-state index is 0.0451. The molecule has 0 fully saturated rings. The zero-order valence-corrected chi connectivity index (χ0v) is 11.7. The van der Waals surface area contributed by atoms with Crippen LogP contribution in [0.5, 0.6) is 0 Å². The van der Waals surface area contributed by atoms with Gasteiger partial charge >= 0.3 is 5.97 Å². The predicted octanol–water partition coefficient (Wildman–Crippen LogP) is 2.08. The number of nitrogen functional groups attached to an aromatic ring is 1. The van der Waals surface area contributed by atoms with E-state index >= 15 is 0 Å². The molecule has 0 aliphatic rings. The monoisotopic (exact) mass is 251 g/mol. The van der Waals surface area contributed by atoms with Gasteiger partial charge in [0.25, 0.3) is 0 Å². The highest BCUT2D eigenvalue weighted by molar-refractivity contribution is 5.95. The third-order valence-electron chi connectivity index (χ3n) is 3.44. The summed E-state index contributed by atoms with van der Waals surface area (Å²) < 4.78 is 4.70. The number of anilines is 2. The molecule has 0 radical (unpaired) electrons. The molecule has 0 aliphatic heterocycles. The molecule has 0 saturated carbocycles. The van der Waals surface area contributed by atoms with E-state index in [0.29, 0.717) is 17.1 Å².